The molecule has 114 valence electrons. The number of aryl methyl sites for hydroxylation is 2. The van der Waals surface area contributed by atoms with Gasteiger partial charge in [-0.25, -0.2) is 0 Å². The molecule has 0 aliphatic carbocycles. The number of hydrogen-bond donors (Lipinski definition) is 1. The molecule has 2 heterocycles. The number of morpholine rings is 1. The first-order chi connectivity index (χ1) is 9.67. The largest absolute Gasteiger partial charge is 0.375 e. The third kappa shape index (κ3) is 3.33. The SMILES string of the molecule is CCCNCc1c(C)nn(C)c1N1CCOC(CC)C1. The van der Waals surface area contributed by atoms with Crippen molar-refractivity contribution in [2.75, 3.05) is 31.1 Å². The molecule has 20 heavy (non-hydrogen) atoms. The van der Waals surface area contributed by atoms with Gasteiger partial charge in [0.05, 0.1) is 18.4 Å². The molecule has 0 bridgehead atoms. The van der Waals surface area contributed by atoms with E-state index in [0.29, 0.717) is 6.10 Å². The second kappa shape index (κ2) is 7.09. The zero-order valence-corrected chi connectivity index (χ0v) is 13.3. The molecule has 5 heteroatoms. The van der Waals surface area contributed by atoms with Gasteiger partial charge < -0.3 is 15.0 Å². The molecule has 1 fully saturated rings. The third-order valence-electron chi connectivity index (χ3n) is 3.94. The van der Waals surface area contributed by atoms with Crippen LogP contribution < -0.4 is 10.2 Å². The van der Waals surface area contributed by atoms with Crippen LogP contribution in [-0.4, -0.2) is 42.1 Å². The van der Waals surface area contributed by atoms with Crippen LogP contribution in [0.1, 0.15) is 37.9 Å². The highest BCUT2D eigenvalue weighted by atomic mass is 16.5. The van der Waals surface area contributed by atoms with Crippen LogP contribution >= 0.6 is 0 Å². The van der Waals surface area contributed by atoms with E-state index in [4.69, 9.17) is 4.74 Å². The molecule has 1 N–H and O–H groups in total. The van der Waals surface area contributed by atoms with Gasteiger partial charge >= 0.3 is 0 Å². The van der Waals surface area contributed by atoms with Gasteiger partial charge in [-0.05, 0) is 26.3 Å². The van der Waals surface area contributed by atoms with Crippen molar-refractivity contribution in [3.05, 3.63) is 11.3 Å². The smallest absolute Gasteiger partial charge is 0.131 e. The summed E-state index contributed by atoms with van der Waals surface area (Å²) in [6.45, 7) is 11.2. The van der Waals surface area contributed by atoms with Crippen molar-refractivity contribution < 1.29 is 4.74 Å². The predicted octanol–water partition coefficient (Wildman–Crippen LogP) is 1.84. The number of anilines is 1. The second-order valence-corrected chi connectivity index (χ2v) is 5.54. The summed E-state index contributed by atoms with van der Waals surface area (Å²) in [5.41, 5.74) is 2.46. The highest BCUT2D eigenvalue weighted by Gasteiger charge is 2.24. The Balaban J connectivity index is 2.16. The molecule has 0 aromatic carbocycles. The average molecular weight is 280 g/mol. The number of nitrogens with one attached hydrogen (secondary N) is 1. The Morgan fingerprint density at radius 1 is 1.40 bits per heavy atom. The van der Waals surface area contributed by atoms with Crippen molar-refractivity contribution in [3.63, 3.8) is 0 Å². The maximum Gasteiger partial charge on any atom is 0.131 e. The summed E-state index contributed by atoms with van der Waals surface area (Å²) >= 11 is 0. The molecule has 0 amide bonds. The fourth-order valence-corrected chi connectivity index (χ4v) is 2.84. The van der Waals surface area contributed by atoms with Crippen molar-refractivity contribution in [2.45, 2.75) is 46.3 Å². The van der Waals surface area contributed by atoms with Gasteiger partial charge in [0.25, 0.3) is 0 Å². The quantitative estimate of drug-likeness (QED) is 0.808. The van der Waals surface area contributed by atoms with Gasteiger partial charge in [0.15, 0.2) is 0 Å². The summed E-state index contributed by atoms with van der Waals surface area (Å²) < 4.78 is 7.80. The number of rotatable bonds is 6. The minimum Gasteiger partial charge on any atom is -0.375 e. The molecule has 1 aromatic heterocycles. The number of hydrogen-bond acceptors (Lipinski definition) is 4. The molecule has 0 spiro atoms. The van der Waals surface area contributed by atoms with E-state index in [1.165, 1.54) is 11.4 Å². The first-order valence-corrected chi connectivity index (χ1v) is 7.77. The Hall–Kier alpha value is -1.07. The Kier molecular flexibility index (Phi) is 5.43. The van der Waals surface area contributed by atoms with E-state index in [1.54, 1.807) is 0 Å². The first kappa shape index (κ1) is 15.3. The van der Waals surface area contributed by atoms with E-state index in [9.17, 15) is 0 Å². The lowest BCUT2D eigenvalue weighted by Gasteiger charge is -2.34. The Bertz CT molecular complexity index is 430. The molecule has 1 aliphatic heterocycles. The summed E-state index contributed by atoms with van der Waals surface area (Å²) in [4.78, 5) is 2.43. The topological polar surface area (TPSA) is 42.3 Å². The summed E-state index contributed by atoms with van der Waals surface area (Å²) in [6, 6.07) is 0. The van der Waals surface area contributed by atoms with Crippen molar-refractivity contribution in [1.82, 2.24) is 15.1 Å². The van der Waals surface area contributed by atoms with Crippen LogP contribution in [-0.2, 0) is 18.3 Å². The highest BCUT2D eigenvalue weighted by molar-refractivity contribution is 5.50. The Morgan fingerprint density at radius 2 is 2.20 bits per heavy atom. The molecular formula is C15H28N4O. The minimum absolute atomic E-state index is 0.343. The average Bonchev–Trinajstić information content (AvgIpc) is 2.73. The maximum atomic E-state index is 5.78. The normalized spacial score (nSPS) is 19.6. The van der Waals surface area contributed by atoms with E-state index in [2.05, 4.69) is 36.1 Å². The molecule has 2 rings (SSSR count). The Labute approximate surface area is 122 Å². The van der Waals surface area contributed by atoms with Crippen molar-refractivity contribution in [2.24, 2.45) is 7.05 Å². The van der Waals surface area contributed by atoms with Crippen molar-refractivity contribution >= 4 is 5.82 Å². The van der Waals surface area contributed by atoms with Gasteiger partial charge in [0.1, 0.15) is 5.82 Å². The van der Waals surface area contributed by atoms with Crippen LogP contribution in [0.4, 0.5) is 5.82 Å². The summed E-state index contributed by atoms with van der Waals surface area (Å²) in [5.74, 6) is 1.26. The zero-order valence-electron chi connectivity index (χ0n) is 13.3. The van der Waals surface area contributed by atoms with Gasteiger partial charge in [-0.15, -0.1) is 0 Å². The van der Waals surface area contributed by atoms with Crippen molar-refractivity contribution in [1.29, 1.82) is 0 Å². The fourth-order valence-electron chi connectivity index (χ4n) is 2.84. The highest BCUT2D eigenvalue weighted by Crippen LogP contribution is 2.25. The molecule has 1 saturated heterocycles. The van der Waals surface area contributed by atoms with E-state index in [1.807, 2.05) is 11.7 Å². The maximum absolute atomic E-state index is 5.78. The van der Waals surface area contributed by atoms with Crippen LogP contribution in [0.15, 0.2) is 0 Å². The van der Waals surface area contributed by atoms with Gasteiger partial charge in [-0.2, -0.15) is 5.10 Å². The van der Waals surface area contributed by atoms with Crippen LogP contribution in [0.25, 0.3) is 0 Å². The van der Waals surface area contributed by atoms with Gasteiger partial charge in [0, 0.05) is 32.2 Å². The lowest BCUT2D eigenvalue weighted by atomic mass is 10.2. The fraction of sp³-hybridized carbons (Fsp3) is 0.800. The van der Waals surface area contributed by atoms with Gasteiger partial charge in [-0.1, -0.05) is 13.8 Å². The van der Waals surface area contributed by atoms with Crippen LogP contribution in [0, 0.1) is 6.92 Å². The summed E-state index contributed by atoms with van der Waals surface area (Å²) in [5, 5.41) is 8.11. The minimum atomic E-state index is 0.343. The van der Waals surface area contributed by atoms with Gasteiger partial charge in [0.2, 0.25) is 0 Å². The summed E-state index contributed by atoms with van der Waals surface area (Å²) in [7, 11) is 2.04. The van der Waals surface area contributed by atoms with E-state index < -0.39 is 0 Å². The molecular weight excluding hydrogens is 252 g/mol. The molecule has 0 saturated carbocycles. The standard InChI is InChI=1S/C15H28N4O/c1-5-7-16-10-14-12(3)17-18(4)15(14)19-8-9-20-13(6-2)11-19/h13,16H,5-11H2,1-4H3. The summed E-state index contributed by atoms with van der Waals surface area (Å²) in [6.07, 6.45) is 2.57. The third-order valence-corrected chi connectivity index (χ3v) is 3.94. The molecule has 1 aliphatic rings. The number of aromatic nitrogens is 2. The van der Waals surface area contributed by atoms with Crippen molar-refractivity contribution in [3.8, 4) is 0 Å². The van der Waals surface area contributed by atoms with Gasteiger partial charge in [-0.3, -0.25) is 4.68 Å². The number of ether oxygens (including phenoxy) is 1. The molecule has 1 unspecified atom stereocenters. The molecule has 1 aromatic rings. The van der Waals surface area contributed by atoms with Crippen LogP contribution in [0.3, 0.4) is 0 Å². The Morgan fingerprint density at radius 3 is 2.90 bits per heavy atom. The van der Waals surface area contributed by atoms with Crippen LogP contribution in [0.5, 0.6) is 0 Å². The van der Waals surface area contributed by atoms with E-state index >= 15 is 0 Å². The van der Waals surface area contributed by atoms with E-state index in [-0.39, 0.29) is 0 Å². The van der Waals surface area contributed by atoms with Crippen LogP contribution in [0.2, 0.25) is 0 Å². The second-order valence-electron chi connectivity index (χ2n) is 5.54. The number of nitrogens with zero attached hydrogens (tertiary/aromatic N) is 3. The molecule has 0 radical (unpaired) electrons. The monoisotopic (exact) mass is 280 g/mol. The lowest BCUT2D eigenvalue weighted by molar-refractivity contribution is 0.0379. The van der Waals surface area contributed by atoms with E-state index in [0.717, 1.165) is 51.3 Å². The lowest BCUT2D eigenvalue weighted by Crippen LogP contribution is -2.43. The zero-order chi connectivity index (χ0) is 14.5. The molecule has 1 atom stereocenters. The first-order valence-electron chi connectivity index (χ1n) is 7.77. The predicted molar refractivity (Wildman–Crippen MR) is 82.2 cm³/mol. The molecule has 5 nitrogen and oxygen atoms in total.